The minimum absolute atomic E-state index is 0.274. The Balaban J connectivity index is 2.17. The number of rotatable bonds is 7. The van der Waals surface area contributed by atoms with Crippen LogP contribution < -0.4 is 10.1 Å². The van der Waals surface area contributed by atoms with Crippen molar-refractivity contribution in [3.63, 3.8) is 0 Å². The van der Waals surface area contributed by atoms with Gasteiger partial charge >= 0.3 is 0 Å². The van der Waals surface area contributed by atoms with E-state index in [2.05, 4.69) is 22.0 Å². The van der Waals surface area contributed by atoms with Gasteiger partial charge in [-0.3, -0.25) is 4.68 Å². The minimum atomic E-state index is 0.274. The number of hydrogen-bond donors (Lipinski definition) is 1. The molecule has 0 saturated carbocycles. The fraction of sp³-hybridized carbons (Fsp3) is 0.786. The lowest BCUT2D eigenvalue weighted by Gasteiger charge is -2.21. The summed E-state index contributed by atoms with van der Waals surface area (Å²) in [6.45, 7) is 4.87. The van der Waals surface area contributed by atoms with Gasteiger partial charge in [-0.2, -0.15) is 5.10 Å². The molecule has 5 heteroatoms. The van der Waals surface area contributed by atoms with E-state index < -0.39 is 0 Å². The van der Waals surface area contributed by atoms with Gasteiger partial charge in [-0.15, -0.1) is 0 Å². The normalized spacial score (nSPS) is 20.7. The summed E-state index contributed by atoms with van der Waals surface area (Å²) in [7, 11) is 3.71. The molecule has 0 aliphatic carbocycles. The first kappa shape index (κ1) is 14.3. The Hall–Kier alpha value is -1.07. The zero-order valence-electron chi connectivity index (χ0n) is 12.2. The highest BCUT2D eigenvalue weighted by Gasteiger charge is 2.26. The van der Waals surface area contributed by atoms with Crippen molar-refractivity contribution in [3.05, 3.63) is 11.9 Å². The van der Waals surface area contributed by atoms with Crippen molar-refractivity contribution in [1.29, 1.82) is 0 Å². The highest BCUT2D eigenvalue weighted by molar-refractivity contribution is 5.28. The second-order valence-electron chi connectivity index (χ2n) is 5.13. The van der Waals surface area contributed by atoms with E-state index >= 15 is 0 Å². The standard InChI is InChI=1S/C14H25N3O2/c1-4-6-17-14(13(18-3)9-16-17)12(15-2)8-11-5-7-19-10-11/h9,11-12,15H,4-8,10H2,1-3H3. The summed E-state index contributed by atoms with van der Waals surface area (Å²) in [5, 5.41) is 7.85. The third-order valence-corrected chi connectivity index (χ3v) is 3.77. The number of methoxy groups -OCH3 is 1. The molecule has 5 nitrogen and oxygen atoms in total. The highest BCUT2D eigenvalue weighted by Crippen LogP contribution is 2.31. The molecular formula is C14H25N3O2. The summed E-state index contributed by atoms with van der Waals surface area (Å²) >= 11 is 0. The minimum Gasteiger partial charge on any atom is -0.493 e. The molecule has 1 aliphatic rings. The quantitative estimate of drug-likeness (QED) is 0.821. The van der Waals surface area contributed by atoms with Crippen LogP contribution in [0.1, 0.15) is 37.9 Å². The summed E-state index contributed by atoms with van der Waals surface area (Å²) in [5.74, 6) is 1.51. The summed E-state index contributed by atoms with van der Waals surface area (Å²) in [4.78, 5) is 0. The zero-order chi connectivity index (χ0) is 13.7. The van der Waals surface area contributed by atoms with Gasteiger partial charge in [0.05, 0.1) is 25.0 Å². The molecule has 0 amide bonds. The first-order valence-electron chi connectivity index (χ1n) is 7.14. The molecule has 2 unspecified atom stereocenters. The molecule has 0 spiro atoms. The first-order chi connectivity index (χ1) is 9.30. The second kappa shape index (κ2) is 6.91. The zero-order valence-corrected chi connectivity index (χ0v) is 12.2. The maximum atomic E-state index is 5.47. The molecule has 1 aromatic heterocycles. The van der Waals surface area contributed by atoms with Crippen molar-refractivity contribution >= 4 is 0 Å². The number of nitrogens with zero attached hydrogens (tertiary/aromatic N) is 2. The lowest BCUT2D eigenvalue weighted by atomic mass is 9.97. The van der Waals surface area contributed by atoms with Crippen LogP contribution in [-0.4, -0.2) is 37.2 Å². The highest BCUT2D eigenvalue weighted by atomic mass is 16.5. The number of nitrogens with one attached hydrogen (secondary N) is 1. The van der Waals surface area contributed by atoms with Crippen LogP contribution in [0, 0.1) is 5.92 Å². The summed E-state index contributed by atoms with van der Waals surface area (Å²) in [5.41, 5.74) is 1.17. The van der Waals surface area contributed by atoms with Crippen LogP contribution >= 0.6 is 0 Å². The first-order valence-corrected chi connectivity index (χ1v) is 7.14. The van der Waals surface area contributed by atoms with Crippen molar-refractivity contribution in [3.8, 4) is 5.75 Å². The van der Waals surface area contributed by atoms with E-state index in [4.69, 9.17) is 9.47 Å². The van der Waals surface area contributed by atoms with E-state index in [-0.39, 0.29) is 6.04 Å². The summed E-state index contributed by atoms with van der Waals surface area (Å²) in [6.07, 6.45) is 5.12. The van der Waals surface area contributed by atoms with Crippen LogP contribution in [0.4, 0.5) is 0 Å². The number of ether oxygens (including phenoxy) is 2. The van der Waals surface area contributed by atoms with Crippen molar-refractivity contribution in [2.24, 2.45) is 5.92 Å². The molecule has 19 heavy (non-hydrogen) atoms. The van der Waals surface area contributed by atoms with Gasteiger partial charge in [-0.1, -0.05) is 6.92 Å². The van der Waals surface area contributed by atoms with E-state index in [1.54, 1.807) is 7.11 Å². The van der Waals surface area contributed by atoms with Gasteiger partial charge in [0.1, 0.15) is 0 Å². The Labute approximate surface area is 115 Å². The fourth-order valence-electron chi connectivity index (χ4n) is 2.75. The summed E-state index contributed by atoms with van der Waals surface area (Å²) < 4.78 is 13.0. The van der Waals surface area contributed by atoms with Crippen LogP contribution in [0.15, 0.2) is 6.20 Å². The molecule has 1 saturated heterocycles. The molecule has 2 heterocycles. The monoisotopic (exact) mass is 267 g/mol. The van der Waals surface area contributed by atoms with Gasteiger partial charge in [-0.05, 0) is 32.2 Å². The predicted molar refractivity (Wildman–Crippen MR) is 74.4 cm³/mol. The van der Waals surface area contributed by atoms with Crippen LogP contribution in [0.3, 0.4) is 0 Å². The van der Waals surface area contributed by atoms with Crippen LogP contribution in [-0.2, 0) is 11.3 Å². The van der Waals surface area contributed by atoms with Gasteiger partial charge in [0.25, 0.3) is 0 Å². The molecular weight excluding hydrogens is 242 g/mol. The van der Waals surface area contributed by atoms with E-state index in [0.717, 1.165) is 44.8 Å². The Morgan fingerprint density at radius 2 is 2.47 bits per heavy atom. The summed E-state index contributed by atoms with van der Waals surface area (Å²) in [6, 6.07) is 0.274. The molecule has 1 aromatic rings. The van der Waals surface area contributed by atoms with E-state index in [1.807, 2.05) is 13.2 Å². The third-order valence-electron chi connectivity index (χ3n) is 3.77. The molecule has 0 bridgehead atoms. The smallest absolute Gasteiger partial charge is 0.161 e. The van der Waals surface area contributed by atoms with Gasteiger partial charge in [0, 0.05) is 19.8 Å². The van der Waals surface area contributed by atoms with Gasteiger partial charge in [0.2, 0.25) is 0 Å². The van der Waals surface area contributed by atoms with Crippen molar-refractivity contribution in [1.82, 2.24) is 15.1 Å². The molecule has 108 valence electrons. The van der Waals surface area contributed by atoms with Crippen LogP contribution in [0.25, 0.3) is 0 Å². The van der Waals surface area contributed by atoms with Gasteiger partial charge in [0.15, 0.2) is 5.75 Å². The van der Waals surface area contributed by atoms with E-state index in [0.29, 0.717) is 5.92 Å². The largest absolute Gasteiger partial charge is 0.493 e. The lowest BCUT2D eigenvalue weighted by molar-refractivity contribution is 0.181. The molecule has 2 rings (SSSR count). The molecule has 1 aliphatic heterocycles. The second-order valence-corrected chi connectivity index (χ2v) is 5.13. The van der Waals surface area contributed by atoms with Crippen molar-refractivity contribution < 1.29 is 9.47 Å². The third kappa shape index (κ3) is 3.28. The van der Waals surface area contributed by atoms with Gasteiger partial charge < -0.3 is 14.8 Å². The number of aromatic nitrogens is 2. The van der Waals surface area contributed by atoms with Crippen LogP contribution in [0.5, 0.6) is 5.75 Å². The number of aryl methyl sites for hydroxylation is 1. The Morgan fingerprint density at radius 3 is 3.05 bits per heavy atom. The fourth-order valence-corrected chi connectivity index (χ4v) is 2.75. The van der Waals surface area contributed by atoms with E-state index in [9.17, 15) is 0 Å². The Kier molecular flexibility index (Phi) is 5.22. The van der Waals surface area contributed by atoms with Gasteiger partial charge in [-0.25, -0.2) is 0 Å². The number of hydrogen-bond acceptors (Lipinski definition) is 4. The molecule has 0 radical (unpaired) electrons. The maximum Gasteiger partial charge on any atom is 0.161 e. The van der Waals surface area contributed by atoms with Crippen LogP contribution in [0.2, 0.25) is 0 Å². The Morgan fingerprint density at radius 1 is 1.63 bits per heavy atom. The lowest BCUT2D eigenvalue weighted by Crippen LogP contribution is -2.24. The Bertz CT molecular complexity index is 386. The maximum absolute atomic E-state index is 5.47. The molecule has 2 atom stereocenters. The van der Waals surface area contributed by atoms with E-state index in [1.165, 1.54) is 5.69 Å². The average Bonchev–Trinajstić information content (AvgIpc) is 3.05. The molecule has 0 aromatic carbocycles. The average molecular weight is 267 g/mol. The topological polar surface area (TPSA) is 48.3 Å². The van der Waals surface area contributed by atoms with Crippen molar-refractivity contribution in [2.45, 2.75) is 38.8 Å². The van der Waals surface area contributed by atoms with Crippen molar-refractivity contribution in [2.75, 3.05) is 27.4 Å². The SMILES string of the molecule is CCCn1ncc(OC)c1C(CC1CCOC1)NC. The predicted octanol–water partition coefficient (Wildman–Crippen LogP) is 1.99. The molecule has 1 N–H and O–H groups in total. The molecule has 1 fully saturated rings.